The number of likely N-dealkylation sites (N-methyl/N-ethyl adjacent to an activating group) is 1. The minimum absolute atomic E-state index is 0.231. The van der Waals surface area contributed by atoms with Crippen molar-refractivity contribution in [3.63, 3.8) is 0 Å². The number of hydrogen-bond donors (Lipinski definition) is 0. The van der Waals surface area contributed by atoms with E-state index in [-0.39, 0.29) is 6.04 Å². The Bertz CT molecular complexity index is 296. The smallest absolute Gasteiger partial charge is 0.146 e. The molecule has 0 radical (unpaired) electrons. The third-order valence-corrected chi connectivity index (χ3v) is 5.12. The van der Waals surface area contributed by atoms with E-state index in [0.717, 1.165) is 6.42 Å². The van der Waals surface area contributed by atoms with Crippen molar-refractivity contribution in [1.29, 1.82) is 0 Å². The molecule has 2 heteroatoms. The molecule has 0 aromatic carbocycles. The van der Waals surface area contributed by atoms with Gasteiger partial charge in [-0.05, 0) is 50.5 Å². The zero-order valence-electron chi connectivity index (χ0n) is 15.2. The van der Waals surface area contributed by atoms with Gasteiger partial charge in [-0.15, -0.1) is 0 Å². The Hall–Kier alpha value is -0.370. The molecule has 2 saturated carbocycles. The maximum Gasteiger partial charge on any atom is 0.146 e. The monoisotopic (exact) mass is 283 g/mol. The second kappa shape index (κ2) is 8.17. The third-order valence-electron chi connectivity index (χ3n) is 5.12. The molecule has 0 bridgehead atoms. The molecular formula is C18H37NO. The van der Waals surface area contributed by atoms with E-state index in [1.807, 2.05) is 41.5 Å². The van der Waals surface area contributed by atoms with Crippen LogP contribution in [0.2, 0.25) is 0 Å². The Morgan fingerprint density at radius 3 is 1.75 bits per heavy atom. The summed E-state index contributed by atoms with van der Waals surface area (Å²) < 4.78 is 0. The van der Waals surface area contributed by atoms with Crippen molar-refractivity contribution >= 4 is 5.78 Å². The molecule has 3 aliphatic rings. The third kappa shape index (κ3) is 3.27. The first kappa shape index (κ1) is 19.6. The molecule has 1 unspecified atom stereocenters. The molecule has 2 spiro atoms. The molecule has 0 aromatic heterocycles. The van der Waals surface area contributed by atoms with E-state index in [2.05, 4.69) is 11.9 Å². The SMILES string of the molecule is CC.CC.CC.CC(=O)C1C[C@@]2(CN1C)CC21CCC1. The van der Waals surface area contributed by atoms with E-state index in [1.165, 1.54) is 32.2 Å². The van der Waals surface area contributed by atoms with E-state index in [0.29, 0.717) is 16.6 Å². The Morgan fingerprint density at radius 1 is 1.00 bits per heavy atom. The van der Waals surface area contributed by atoms with Gasteiger partial charge >= 0.3 is 0 Å². The average Bonchev–Trinajstić information content (AvgIpc) is 2.98. The summed E-state index contributed by atoms with van der Waals surface area (Å²) in [7, 11) is 2.12. The van der Waals surface area contributed by atoms with Gasteiger partial charge in [-0.25, -0.2) is 0 Å². The van der Waals surface area contributed by atoms with E-state index < -0.39 is 0 Å². The van der Waals surface area contributed by atoms with Crippen molar-refractivity contribution in [2.75, 3.05) is 13.6 Å². The number of nitrogens with zero attached hydrogens (tertiary/aromatic N) is 1. The van der Waals surface area contributed by atoms with Gasteiger partial charge < -0.3 is 0 Å². The predicted molar refractivity (Wildman–Crippen MR) is 89.1 cm³/mol. The highest BCUT2D eigenvalue weighted by Crippen LogP contribution is 2.77. The van der Waals surface area contributed by atoms with Gasteiger partial charge in [-0.1, -0.05) is 48.0 Å². The van der Waals surface area contributed by atoms with Gasteiger partial charge in [0, 0.05) is 6.54 Å². The topological polar surface area (TPSA) is 20.3 Å². The molecular weight excluding hydrogens is 246 g/mol. The van der Waals surface area contributed by atoms with Gasteiger partial charge in [0.15, 0.2) is 0 Å². The van der Waals surface area contributed by atoms with Gasteiger partial charge in [0.2, 0.25) is 0 Å². The lowest BCUT2D eigenvalue weighted by Crippen LogP contribution is -2.31. The van der Waals surface area contributed by atoms with E-state index in [9.17, 15) is 4.79 Å². The van der Waals surface area contributed by atoms with Crippen LogP contribution < -0.4 is 0 Å². The molecule has 120 valence electrons. The molecule has 1 saturated heterocycles. The van der Waals surface area contributed by atoms with Crippen molar-refractivity contribution in [3.8, 4) is 0 Å². The van der Waals surface area contributed by atoms with Crippen LogP contribution in [0.4, 0.5) is 0 Å². The van der Waals surface area contributed by atoms with Crippen molar-refractivity contribution in [1.82, 2.24) is 4.90 Å². The quantitative estimate of drug-likeness (QED) is 0.681. The van der Waals surface area contributed by atoms with Gasteiger partial charge in [0.1, 0.15) is 5.78 Å². The Labute approximate surface area is 127 Å². The number of ketones is 1. The number of carbonyl (C=O) groups excluding carboxylic acids is 1. The maximum absolute atomic E-state index is 11.4. The lowest BCUT2D eigenvalue weighted by molar-refractivity contribution is -0.120. The summed E-state index contributed by atoms with van der Waals surface area (Å²) in [6.45, 7) is 14.9. The standard InChI is InChI=1S/C12H19NO.3C2H6/c1-9(14)10-6-12(8-13(10)2)7-11(12)4-3-5-11;3*1-2/h10H,3-8H2,1-2H3;3*1-2H3/t10?,12-;;;/m0.../s1. The maximum atomic E-state index is 11.4. The molecule has 0 N–H and O–H groups in total. The van der Waals surface area contributed by atoms with Crippen LogP contribution in [0.15, 0.2) is 0 Å². The normalized spacial score (nSPS) is 31.9. The van der Waals surface area contributed by atoms with Crippen LogP contribution >= 0.6 is 0 Å². The summed E-state index contributed by atoms with van der Waals surface area (Å²) in [5, 5.41) is 0. The van der Waals surface area contributed by atoms with Gasteiger partial charge in [0.05, 0.1) is 6.04 Å². The lowest BCUT2D eigenvalue weighted by atomic mass is 9.74. The predicted octanol–water partition coefficient (Wildman–Crippen LogP) is 4.92. The molecule has 2 nitrogen and oxygen atoms in total. The van der Waals surface area contributed by atoms with Crippen LogP contribution in [-0.2, 0) is 4.79 Å². The highest BCUT2D eigenvalue weighted by Gasteiger charge is 2.71. The van der Waals surface area contributed by atoms with Crippen molar-refractivity contribution in [2.45, 2.75) is 86.6 Å². The second-order valence-corrected chi connectivity index (χ2v) is 5.84. The highest BCUT2D eigenvalue weighted by atomic mass is 16.1. The van der Waals surface area contributed by atoms with Crippen LogP contribution in [0.1, 0.15) is 80.6 Å². The fraction of sp³-hybridized carbons (Fsp3) is 0.944. The molecule has 1 heterocycles. The molecule has 0 aromatic rings. The van der Waals surface area contributed by atoms with Crippen molar-refractivity contribution in [3.05, 3.63) is 0 Å². The van der Waals surface area contributed by atoms with Crippen molar-refractivity contribution < 1.29 is 4.79 Å². The number of fused-ring (bicyclic) bond motifs is 1. The average molecular weight is 284 g/mol. The Kier molecular flexibility index (Phi) is 8.01. The lowest BCUT2D eigenvalue weighted by Gasteiger charge is -2.30. The molecule has 1 aliphatic heterocycles. The molecule has 2 atom stereocenters. The first-order valence-electron chi connectivity index (χ1n) is 8.79. The van der Waals surface area contributed by atoms with Gasteiger partial charge in [-0.2, -0.15) is 0 Å². The fourth-order valence-corrected chi connectivity index (χ4v) is 4.06. The number of Topliss-reactive ketones (excluding diaryl/α,β-unsaturated/α-hetero) is 1. The summed E-state index contributed by atoms with van der Waals surface area (Å²) in [6, 6.07) is 0.231. The fourth-order valence-electron chi connectivity index (χ4n) is 4.06. The Morgan fingerprint density at radius 2 is 1.50 bits per heavy atom. The molecule has 2 aliphatic carbocycles. The van der Waals surface area contributed by atoms with Crippen LogP contribution in [0.25, 0.3) is 0 Å². The van der Waals surface area contributed by atoms with E-state index in [4.69, 9.17) is 0 Å². The minimum atomic E-state index is 0.231. The van der Waals surface area contributed by atoms with Crippen molar-refractivity contribution in [2.24, 2.45) is 10.8 Å². The summed E-state index contributed by atoms with van der Waals surface area (Å²) in [5.74, 6) is 0.366. The van der Waals surface area contributed by atoms with Crippen LogP contribution in [0.5, 0.6) is 0 Å². The summed E-state index contributed by atoms with van der Waals surface area (Å²) in [5.41, 5.74) is 1.27. The number of carbonyl (C=O) groups is 1. The van der Waals surface area contributed by atoms with Gasteiger partial charge in [-0.3, -0.25) is 9.69 Å². The summed E-state index contributed by atoms with van der Waals surface area (Å²) >= 11 is 0. The molecule has 3 rings (SSSR count). The number of likely N-dealkylation sites (tertiary alicyclic amines) is 1. The molecule has 3 fully saturated rings. The minimum Gasteiger partial charge on any atom is -0.298 e. The molecule has 20 heavy (non-hydrogen) atoms. The molecule has 0 amide bonds. The zero-order valence-corrected chi connectivity index (χ0v) is 15.2. The van der Waals surface area contributed by atoms with Crippen LogP contribution in [0, 0.1) is 10.8 Å². The first-order valence-corrected chi connectivity index (χ1v) is 8.79. The summed E-state index contributed by atoms with van der Waals surface area (Å²) in [6.07, 6.45) is 6.86. The van der Waals surface area contributed by atoms with Gasteiger partial charge in [0.25, 0.3) is 0 Å². The highest BCUT2D eigenvalue weighted by molar-refractivity contribution is 5.82. The second-order valence-electron chi connectivity index (χ2n) is 5.84. The van der Waals surface area contributed by atoms with Crippen LogP contribution in [-0.4, -0.2) is 30.3 Å². The number of hydrogen-bond acceptors (Lipinski definition) is 2. The number of rotatable bonds is 1. The van der Waals surface area contributed by atoms with E-state index in [1.54, 1.807) is 6.92 Å². The largest absolute Gasteiger partial charge is 0.298 e. The Balaban J connectivity index is 0.000000538. The zero-order chi connectivity index (χ0) is 16.0. The van der Waals surface area contributed by atoms with E-state index >= 15 is 0 Å². The van der Waals surface area contributed by atoms with Crippen LogP contribution in [0.3, 0.4) is 0 Å². The first-order chi connectivity index (χ1) is 9.59. The summed E-state index contributed by atoms with van der Waals surface area (Å²) in [4.78, 5) is 13.7.